The standard InChI is InChI=1S/C16H20ClFN4O2S/c1-2-21-7-8-22(10-15(21)16-19-5-6-20-16)25(23,24)11-12-9-13(17)3-4-14(12)18/h3-6,9,15H,2,7-8,10-11H2,1H3,(H,19,20). The molecule has 0 saturated carbocycles. The third-order valence-electron chi connectivity index (χ3n) is 4.43. The average molecular weight is 387 g/mol. The van der Waals surface area contributed by atoms with Gasteiger partial charge in [-0.3, -0.25) is 4.90 Å². The lowest BCUT2D eigenvalue weighted by atomic mass is 10.2. The SMILES string of the molecule is CCN1CCN(S(=O)(=O)Cc2cc(Cl)ccc2F)CC1c1ncc[nH]1. The maximum Gasteiger partial charge on any atom is 0.218 e. The molecule has 1 aliphatic heterocycles. The highest BCUT2D eigenvalue weighted by atomic mass is 35.5. The van der Waals surface area contributed by atoms with Gasteiger partial charge in [-0.15, -0.1) is 0 Å². The van der Waals surface area contributed by atoms with Gasteiger partial charge in [0.2, 0.25) is 10.0 Å². The Hall–Kier alpha value is -1.48. The summed E-state index contributed by atoms with van der Waals surface area (Å²) in [6.45, 7) is 4.07. The van der Waals surface area contributed by atoms with E-state index in [1.807, 2.05) is 6.92 Å². The number of piperazine rings is 1. The monoisotopic (exact) mass is 386 g/mol. The van der Waals surface area contributed by atoms with Gasteiger partial charge < -0.3 is 4.98 Å². The first-order chi connectivity index (χ1) is 11.9. The summed E-state index contributed by atoms with van der Waals surface area (Å²) in [6.07, 6.45) is 3.37. The Labute approximate surface area is 151 Å². The molecule has 0 radical (unpaired) electrons. The molecule has 6 nitrogen and oxygen atoms in total. The summed E-state index contributed by atoms with van der Waals surface area (Å²) in [6, 6.07) is 3.81. The van der Waals surface area contributed by atoms with Crippen molar-refractivity contribution in [2.45, 2.75) is 18.7 Å². The van der Waals surface area contributed by atoms with E-state index in [2.05, 4.69) is 14.9 Å². The smallest absolute Gasteiger partial charge is 0.218 e. The van der Waals surface area contributed by atoms with E-state index in [0.717, 1.165) is 12.4 Å². The summed E-state index contributed by atoms with van der Waals surface area (Å²) < 4.78 is 40.9. The molecular weight excluding hydrogens is 367 g/mol. The molecule has 1 saturated heterocycles. The van der Waals surface area contributed by atoms with Crippen LogP contribution in [0.2, 0.25) is 5.02 Å². The number of benzene rings is 1. The Balaban J connectivity index is 1.81. The van der Waals surface area contributed by atoms with Crippen LogP contribution in [0.4, 0.5) is 4.39 Å². The van der Waals surface area contributed by atoms with Crippen LogP contribution >= 0.6 is 11.6 Å². The topological polar surface area (TPSA) is 69.3 Å². The van der Waals surface area contributed by atoms with E-state index in [1.54, 1.807) is 12.4 Å². The minimum absolute atomic E-state index is 0.0833. The first kappa shape index (κ1) is 18.3. The van der Waals surface area contributed by atoms with Crippen LogP contribution in [-0.4, -0.2) is 53.8 Å². The highest BCUT2D eigenvalue weighted by molar-refractivity contribution is 7.88. The molecule has 1 aliphatic rings. The molecule has 1 atom stereocenters. The van der Waals surface area contributed by atoms with Crippen molar-refractivity contribution < 1.29 is 12.8 Å². The van der Waals surface area contributed by atoms with E-state index < -0.39 is 21.6 Å². The number of halogens is 2. The van der Waals surface area contributed by atoms with Crippen molar-refractivity contribution >= 4 is 21.6 Å². The van der Waals surface area contributed by atoms with Gasteiger partial charge in [0.15, 0.2) is 0 Å². The van der Waals surface area contributed by atoms with E-state index >= 15 is 0 Å². The summed E-state index contributed by atoms with van der Waals surface area (Å²) in [5.74, 6) is -0.241. The van der Waals surface area contributed by atoms with Gasteiger partial charge in [-0.1, -0.05) is 18.5 Å². The number of sulfonamides is 1. The summed E-state index contributed by atoms with van der Waals surface area (Å²) in [7, 11) is -3.66. The lowest BCUT2D eigenvalue weighted by Crippen LogP contribution is -2.50. The summed E-state index contributed by atoms with van der Waals surface area (Å²) in [4.78, 5) is 9.50. The second-order valence-corrected chi connectivity index (χ2v) is 8.37. The molecule has 0 spiro atoms. The summed E-state index contributed by atoms with van der Waals surface area (Å²) in [5, 5.41) is 0.316. The van der Waals surface area contributed by atoms with Crippen LogP contribution in [0.15, 0.2) is 30.6 Å². The zero-order chi connectivity index (χ0) is 18.0. The largest absolute Gasteiger partial charge is 0.347 e. The van der Waals surface area contributed by atoms with Crippen molar-refractivity contribution in [3.8, 4) is 0 Å². The highest BCUT2D eigenvalue weighted by Crippen LogP contribution is 2.26. The highest BCUT2D eigenvalue weighted by Gasteiger charge is 2.35. The van der Waals surface area contributed by atoms with Crippen molar-refractivity contribution in [3.05, 3.63) is 52.8 Å². The minimum atomic E-state index is -3.66. The number of rotatable bonds is 5. The number of aromatic amines is 1. The van der Waals surface area contributed by atoms with Crippen LogP contribution in [0.25, 0.3) is 0 Å². The molecule has 0 bridgehead atoms. The van der Waals surface area contributed by atoms with Crippen molar-refractivity contribution in [2.24, 2.45) is 0 Å². The minimum Gasteiger partial charge on any atom is -0.347 e. The van der Waals surface area contributed by atoms with Crippen molar-refractivity contribution in [2.75, 3.05) is 26.2 Å². The number of hydrogen-bond donors (Lipinski definition) is 1. The van der Waals surface area contributed by atoms with Gasteiger partial charge in [0, 0.05) is 42.6 Å². The van der Waals surface area contributed by atoms with Crippen LogP contribution < -0.4 is 0 Å². The van der Waals surface area contributed by atoms with Gasteiger partial charge in [0.05, 0.1) is 11.8 Å². The summed E-state index contributed by atoms with van der Waals surface area (Å²) >= 11 is 5.87. The van der Waals surface area contributed by atoms with Gasteiger partial charge in [-0.2, -0.15) is 4.31 Å². The molecule has 2 heterocycles. The normalized spacial score (nSPS) is 20.0. The quantitative estimate of drug-likeness (QED) is 0.856. The number of nitrogens with one attached hydrogen (secondary N) is 1. The number of H-pyrrole nitrogens is 1. The van der Waals surface area contributed by atoms with Gasteiger partial charge in [-0.25, -0.2) is 17.8 Å². The molecule has 1 unspecified atom stereocenters. The number of aromatic nitrogens is 2. The van der Waals surface area contributed by atoms with Crippen molar-refractivity contribution in [3.63, 3.8) is 0 Å². The van der Waals surface area contributed by atoms with Gasteiger partial charge in [0.1, 0.15) is 11.6 Å². The zero-order valence-electron chi connectivity index (χ0n) is 13.8. The molecule has 1 aromatic carbocycles. The van der Waals surface area contributed by atoms with Crippen LogP contribution in [0.5, 0.6) is 0 Å². The molecule has 2 aromatic rings. The van der Waals surface area contributed by atoms with Gasteiger partial charge in [0.25, 0.3) is 0 Å². The fourth-order valence-electron chi connectivity index (χ4n) is 3.09. The number of nitrogens with zero attached hydrogens (tertiary/aromatic N) is 3. The molecule has 25 heavy (non-hydrogen) atoms. The first-order valence-corrected chi connectivity index (χ1v) is 10.0. The number of hydrogen-bond acceptors (Lipinski definition) is 4. The second kappa shape index (κ2) is 7.41. The van der Waals surface area contributed by atoms with Crippen molar-refractivity contribution in [1.82, 2.24) is 19.2 Å². The Morgan fingerprint density at radius 2 is 2.20 bits per heavy atom. The third kappa shape index (κ3) is 4.03. The Morgan fingerprint density at radius 3 is 2.88 bits per heavy atom. The summed E-state index contributed by atoms with van der Waals surface area (Å²) in [5.41, 5.74) is 0.0833. The van der Waals surface area contributed by atoms with Crippen LogP contribution in [-0.2, 0) is 15.8 Å². The van der Waals surface area contributed by atoms with Gasteiger partial charge >= 0.3 is 0 Å². The molecule has 0 aliphatic carbocycles. The first-order valence-electron chi connectivity index (χ1n) is 8.06. The Bertz CT molecular complexity index is 829. The molecule has 1 fully saturated rings. The van der Waals surface area contributed by atoms with Crippen LogP contribution in [0.1, 0.15) is 24.4 Å². The van der Waals surface area contributed by atoms with Gasteiger partial charge in [-0.05, 0) is 24.7 Å². The molecule has 1 N–H and O–H groups in total. The molecule has 9 heteroatoms. The fourth-order valence-corrected chi connectivity index (χ4v) is 4.81. The van der Waals surface area contributed by atoms with E-state index in [0.29, 0.717) is 18.1 Å². The molecule has 136 valence electrons. The third-order valence-corrected chi connectivity index (χ3v) is 6.46. The van der Waals surface area contributed by atoms with E-state index in [4.69, 9.17) is 11.6 Å². The number of imidazole rings is 1. The molecule has 3 rings (SSSR count). The van der Waals surface area contributed by atoms with Crippen LogP contribution in [0, 0.1) is 5.82 Å². The van der Waals surface area contributed by atoms with E-state index in [-0.39, 0.29) is 18.2 Å². The lowest BCUT2D eigenvalue weighted by molar-refractivity contribution is 0.119. The predicted molar refractivity (Wildman–Crippen MR) is 94.2 cm³/mol. The molecule has 0 amide bonds. The second-order valence-electron chi connectivity index (χ2n) is 5.97. The maximum absolute atomic E-state index is 13.9. The number of likely N-dealkylation sites (N-methyl/N-ethyl adjacent to an activating group) is 1. The van der Waals surface area contributed by atoms with E-state index in [9.17, 15) is 12.8 Å². The predicted octanol–water partition coefficient (Wildman–Crippen LogP) is 2.41. The fraction of sp³-hybridized carbons (Fsp3) is 0.438. The Morgan fingerprint density at radius 1 is 1.40 bits per heavy atom. The average Bonchev–Trinajstić information content (AvgIpc) is 3.11. The van der Waals surface area contributed by atoms with Crippen LogP contribution in [0.3, 0.4) is 0 Å². The molecule has 1 aromatic heterocycles. The molecular formula is C16H20ClFN4O2S. The lowest BCUT2D eigenvalue weighted by Gasteiger charge is -2.39. The van der Waals surface area contributed by atoms with E-state index in [1.165, 1.54) is 22.5 Å². The van der Waals surface area contributed by atoms with Crippen molar-refractivity contribution in [1.29, 1.82) is 0 Å². The maximum atomic E-state index is 13.9. The zero-order valence-corrected chi connectivity index (χ0v) is 15.4. The Kier molecular flexibility index (Phi) is 5.43.